The second kappa shape index (κ2) is 7.40. The lowest BCUT2D eigenvalue weighted by Gasteiger charge is -2.34. The van der Waals surface area contributed by atoms with Gasteiger partial charge in [-0.3, -0.25) is 0 Å². The van der Waals surface area contributed by atoms with Gasteiger partial charge in [-0.1, -0.05) is 30.3 Å². The third-order valence-corrected chi connectivity index (χ3v) is 3.25. The van der Waals surface area contributed by atoms with Crippen molar-refractivity contribution >= 4 is 0 Å². The molecule has 11 heteroatoms. The Morgan fingerprint density at radius 3 is 1.84 bits per heavy atom. The zero-order chi connectivity index (χ0) is 19.5. The molecule has 2 N–H and O–H groups in total. The summed E-state index contributed by atoms with van der Waals surface area (Å²) >= 11 is 0. The monoisotopic (exact) mass is 383 g/mol. The molecule has 0 aliphatic heterocycles. The first-order chi connectivity index (χ1) is 11.2. The number of alkyl halides is 9. The van der Waals surface area contributed by atoms with E-state index in [4.69, 9.17) is 0 Å². The standard InChI is InChI=1S/C14H14F9NO/c15-11(16,12(17,18)13(19,20)14(21,22)23)6-10(25)8-24-7-9-4-2-1-3-5-9/h1-5,10,24-25H,6-8H2/t10-/m0/s1. The molecule has 144 valence electrons. The van der Waals surface area contributed by atoms with Gasteiger partial charge >= 0.3 is 23.9 Å². The lowest BCUT2D eigenvalue weighted by molar-refractivity contribution is -0.398. The summed E-state index contributed by atoms with van der Waals surface area (Å²) in [5, 5.41) is 11.7. The molecular formula is C14H14F9NO. The molecular weight excluding hydrogens is 369 g/mol. The van der Waals surface area contributed by atoms with Crippen LogP contribution in [0.15, 0.2) is 30.3 Å². The van der Waals surface area contributed by atoms with Crippen molar-refractivity contribution in [2.24, 2.45) is 0 Å². The maximum Gasteiger partial charge on any atom is 0.460 e. The average Bonchev–Trinajstić information content (AvgIpc) is 2.46. The minimum absolute atomic E-state index is 0.0403. The van der Waals surface area contributed by atoms with Crippen molar-refractivity contribution in [3.8, 4) is 0 Å². The van der Waals surface area contributed by atoms with Gasteiger partial charge in [0.25, 0.3) is 0 Å². The lowest BCUT2D eigenvalue weighted by atomic mass is 9.98. The predicted octanol–water partition coefficient (Wildman–Crippen LogP) is 4.00. The second-order valence-corrected chi connectivity index (χ2v) is 5.33. The Bertz CT molecular complexity index is 545. The average molecular weight is 383 g/mol. The fourth-order valence-electron chi connectivity index (χ4n) is 1.88. The smallest absolute Gasteiger partial charge is 0.392 e. The molecule has 1 aromatic rings. The first kappa shape index (κ1) is 21.6. The van der Waals surface area contributed by atoms with E-state index < -0.39 is 43.0 Å². The van der Waals surface area contributed by atoms with Crippen molar-refractivity contribution in [2.45, 2.75) is 43.0 Å². The Kier molecular flexibility index (Phi) is 6.38. The fraction of sp³-hybridized carbons (Fsp3) is 0.571. The van der Waals surface area contributed by atoms with Gasteiger partial charge in [-0.25, -0.2) is 0 Å². The van der Waals surface area contributed by atoms with Crippen LogP contribution in [-0.2, 0) is 6.54 Å². The van der Waals surface area contributed by atoms with Crippen LogP contribution in [0.1, 0.15) is 12.0 Å². The molecule has 0 bridgehead atoms. The number of hydrogen-bond acceptors (Lipinski definition) is 2. The van der Waals surface area contributed by atoms with Gasteiger partial charge in [0.1, 0.15) is 0 Å². The molecule has 0 amide bonds. The van der Waals surface area contributed by atoms with Gasteiger partial charge in [0.05, 0.1) is 6.10 Å². The molecule has 0 aliphatic carbocycles. The molecule has 0 unspecified atom stereocenters. The maximum absolute atomic E-state index is 13.3. The molecule has 0 heterocycles. The minimum atomic E-state index is -6.94. The normalized spacial score (nSPS) is 15.3. The molecule has 1 aromatic carbocycles. The van der Waals surface area contributed by atoms with E-state index in [1.807, 2.05) is 0 Å². The van der Waals surface area contributed by atoms with E-state index in [-0.39, 0.29) is 6.54 Å². The topological polar surface area (TPSA) is 32.3 Å². The Morgan fingerprint density at radius 2 is 1.36 bits per heavy atom. The quantitative estimate of drug-likeness (QED) is 0.666. The van der Waals surface area contributed by atoms with Crippen LogP contribution in [0.4, 0.5) is 39.5 Å². The molecule has 0 saturated heterocycles. The Labute approximate surface area is 136 Å². The first-order valence-electron chi connectivity index (χ1n) is 6.85. The van der Waals surface area contributed by atoms with Gasteiger partial charge in [0.15, 0.2) is 0 Å². The van der Waals surface area contributed by atoms with Gasteiger partial charge < -0.3 is 10.4 Å². The van der Waals surface area contributed by atoms with E-state index in [1.165, 1.54) is 0 Å². The van der Waals surface area contributed by atoms with E-state index in [9.17, 15) is 44.6 Å². The van der Waals surface area contributed by atoms with Crippen molar-refractivity contribution in [3.05, 3.63) is 35.9 Å². The summed E-state index contributed by atoms with van der Waals surface area (Å²) in [6.45, 7) is -0.670. The Hall–Kier alpha value is -1.49. The van der Waals surface area contributed by atoms with Crippen LogP contribution in [0.25, 0.3) is 0 Å². The minimum Gasteiger partial charge on any atom is -0.392 e. The van der Waals surface area contributed by atoms with Gasteiger partial charge in [-0.15, -0.1) is 0 Å². The molecule has 0 aromatic heterocycles. The van der Waals surface area contributed by atoms with Crippen molar-refractivity contribution in [1.29, 1.82) is 0 Å². The van der Waals surface area contributed by atoms with Crippen molar-refractivity contribution in [2.75, 3.05) is 6.54 Å². The maximum atomic E-state index is 13.3. The lowest BCUT2D eigenvalue weighted by Crippen LogP contribution is -2.61. The number of benzene rings is 1. The zero-order valence-electron chi connectivity index (χ0n) is 12.4. The van der Waals surface area contributed by atoms with Crippen LogP contribution in [-0.4, -0.2) is 41.7 Å². The predicted molar refractivity (Wildman–Crippen MR) is 69.7 cm³/mol. The highest BCUT2D eigenvalue weighted by Crippen LogP contribution is 2.54. The summed E-state index contributed by atoms with van der Waals surface area (Å²) in [4.78, 5) is 0. The largest absolute Gasteiger partial charge is 0.460 e. The van der Waals surface area contributed by atoms with E-state index in [0.717, 1.165) is 0 Å². The number of aliphatic hydroxyl groups is 1. The van der Waals surface area contributed by atoms with Crippen molar-refractivity contribution in [3.63, 3.8) is 0 Å². The molecule has 2 nitrogen and oxygen atoms in total. The molecule has 0 aliphatic rings. The van der Waals surface area contributed by atoms with Crippen LogP contribution >= 0.6 is 0 Å². The summed E-state index contributed by atoms with van der Waals surface area (Å²) in [6.07, 6.45) is -11.4. The summed E-state index contributed by atoms with van der Waals surface area (Å²) in [7, 11) is 0. The number of hydrogen-bond donors (Lipinski definition) is 2. The highest BCUT2D eigenvalue weighted by atomic mass is 19.4. The van der Waals surface area contributed by atoms with E-state index in [1.54, 1.807) is 30.3 Å². The Balaban J connectivity index is 2.69. The summed E-state index contributed by atoms with van der Waals surface area (Å²) < 4.78 is 114. The van der Waals surface area contributed by atoms with E-state index in [2.05, 4.69) is 5.32 Å². The van der Waals surface area contributed by atoms with Gasteiger partial charge in [0, 0.05) is 19.5 Å². The molecule has 1 atom stereocenters. The molecule has 0 saturated carbocycles. The number of nitrogens with one attached hydrogen (secondary N) is 1. The van der Waals surface area contributed by atoms with Crippen LogP contribution in [0.3, 0.4) is 0 Å². The van der Waals surface area contributed by atoms with Crippen LogP contribution in [0, 0.1) is 0 Å². The highest BCUT2D eigenvalue weighted by Gasteiger charge is 2.81. The fourth-order valence-corrected chi connectivity index (χ4v) is 1.88. The molecule has 0 spiro atoms. The summed E-state index contributed by atoms with van der Waals surface area (Å²) in [5.74, 6) is -19.4. The molecule has 0 fully saturated rings. The summed E-state index contributed by atoms with van der Waals surface area (Å²) in [6, 6.07) is 8.20. The van der Waals surface area contributed by atoms with Crippen molar-refractivity contribution < 1.29 is 44.6 Å². The molecule has 25 heavy (non-hydrogen) atoms. The second-order valence-electron chi connectivity index (χ2n) is 5.33. The molecule has 1 rings (SSSR count). The molecule has 0 radical (unpaired) electrons. The van der Waals surface area contributed by atoms with Gasteiger partial charge in [-0.05, 0) is 5.56 Å². The van der Waals surface area contributed by atoms with Crippen LogP contribution in [0.2, 0.25) is 0 Å². The van der Waals surface area contributed by atoms with E-state index >= 15 is 0 Å². The van der Waals surface area contributed by atoms with Gasteiger partial charge in [0.2, 0.25) is 0 Å². The highest BCUT2D eigenvalue weighted by molar-refractivity contribution is 5.14. The van der Waals surface area contributed by atoms with Gasteiger partial charge in [-0.2, -0.15) is 39.5 Å². The Morgan fingerprint density at radius 1 is 0.840 bits per heavy atom. The van der Waals surface area contributed by atoms with Crippen molar-refractivity contribution in [1.82, 2.24) is 5.32 Å². The first-order valence-corrected chi connectivity index (χ1v) is 6.85. The third-order valence-electron chi connectivity index (χ3n) is 3.25. The van der Waals surface area contributed by atoms with Crippen LogP contribution < -0.4 is 5.32 Å². The third kappa shape index (κ3) is 4.78. The number of rotatable bonds is 8. The number of aliphatic hydroxyl groups excluding tert-OH is 1. The van der Waals surface area contributed by atoms with Crippen LogP contribution in [0.5, 0.6) is 0 Å². The van der Waals surface area contributed by atoms with E-state index in [0.29, 0.717) is 5.56 Å². The number of halogens is 9. The SMILES string of the molecule is O[C@H](CNCc1ccccc1)CC(F)(F)C(F)(F)C(F)(F)C(F)(F)F. The summed E-state index contributed by atoms with van der Waals surface area (Å²) in [5.41, 5.74) is 0.649. The zero-order valence-corrected chi connectivity index (χ0v) is 12.4.